The molecule has 0 bridgehead atoms. The van der Waals surface area contributed by atoms with Gasteiger partial charge in [-0.2, -0.15) is 0 Å². The van der Waals surface area contributed by atoms with Gasteiger partial charge in [0.2, 0.25) is 0 Å². The highest BCUT2D eigenvalue weighted by atomic mass is 35.5. The highest BCUT2D eigenvalue weighted by molar-refractivity contribution is 6.21. The molecule has 2 rings (SSSR count). The van der Waals surface area contributed by atoms with Crippen molar-refractivity contribution < 1.29 is 0 Å². The number of imidazole rings is 1. The Morgan fingerprint density at radius 1 is 1.11 bits per heavy atom. The summed E-state index contributed by atoms with van der Waals surface area (Å²) in [6, 6.07) is 6.08. The first-order valence-electron chi connectivity index (χ1n) is 6.80. The fraction of sp³-hybridized carbons (Fsp3) is 0.533. The lowest BCUT2D eigenvalue weighted by Crippen LogP contribution is -2.19. The highest BCUT2D eigenvalue weighted by Gasteiger charge is 2.19. The molecule has 0 N–H and O–H groups in total. The van der Waals surface area contributed by atoms with E-state index in [9.17, 15) is 4.79 Å². The maximum atomic E-state index is 11.9. The summed E-state index contributed by atoms with van der Waals surface area (Å²) in [5.74, 6) is 0.472. The van der Waals surface area contributed by atoms with Gasteiger partial charge in [0.05, 0.1) is 16.4 Å². The molecule has 2 aromatic rings. The Kier molecular flexibility index (Phi) is 4.04. The normalized spacial score (nSPS) is 13.4. The number of fused-ring (bicyclic) bond motifs is 1. The molecule has 1 aromatic heterocycles. The quantitative estimate of drug-likeness (QED) is 0.786. The Bertz CT molecular complexity index is 637. The van der Waals surface area contributed by atoms with Gasteiger partial charge >= 0.3 is 5.69 Å². The lowest BCUT2D eigenvalue weighted by molar-refractivity contribution is 0.476. The monoisotopic (exact) mass is 280 g/mol. The molecule has 0 saturated heterocycles. The van der Waals surface area contributed by atoms with Crippen molar-refractivity contribution in [3.63, 3.8) is 0 Å². The molecular formula is C15H21ClN2O. The van der Waals surface area contributed by atoms with Crippen LogP contribution in [-0.4, -0.2) is 9.13 Å². The minimum Gasteiger partial charge on any atom is -0.295 e. The average molecular weight is 281 g/mol. The fourth-order valence-electron chi connectivity index (χ4n) is 2.67. The molecule has 104 valence electrons. The van der Waals surface area contributed by atoms with Gasteiger partial charge in [-0.15, -0.1) is 11.6 Å². The van der Waals surface area contributed by atoms with E-state index in [1.165, 1.54) is 0 Å². The van der Waals surface area contributed by atoms with Crippen molar-refractivity contribution in [2.24, 2.45) is 20.0 Å². The van der Waals surface area contributed by atoms with Gasteiger partial charge < -0.3 is 0 Å². The molecular weight excluding hydrogens is 260 g/mol. The second-order valence-electron chi connectivity index (χ2n) is 5.13. The molecule has 0 amide bonds. The SMILES string of the molecule is CCC(CC)C(Cl)c1ccc2c(c1)n(C)c(=O)n2C. The molecule has 1 atom stereocenters. The topological polar surface area (TPSA) is 26.9 Å². The molecule has 4 heteroatoms. The molecule has 3 nitrogen and oxygen atoms in total. The Balaban J connectivity index is 2.53. The number of halogens is 1. The standard InChI is InChI=1S/C15H21ClN2O/c1-5-10(6-2)14(16)11-7-8-12-13(9-11)18(4)15(19)17(12)3/h7-10,14H,5-6H2,1-4H3. The van der Waals surface area contributed by atoms with Crippen LogP contribution in [0.4, 0.5) is 0 Å². The third kappa shape index (κ3) is 2.32. The van der Waals surface area contributed by atoms with E-state index in [2.05, 4.69) is 13.8 Å². The van der Waals surface area contributed by atoms with Crippen molar-refractivity contribution in [3.8, 4) is 0 Å². The molecule has 0 saturated carbocycles. The second-order valence-corrected chi connectivity index (χ2v) is 5.60. The van der Waals surface area contributed by atoms with Crippen LogP contribution < -0.4 is 5.69 Å². The van der Waals surface area contributed by atoms with Crippen molar-refractivity contribution in [2.75, 3.05) is 0 Å². The van der Waals surface area contributed by atoms with Crippen LogP contribution in [0.15, 0.2) is 23.0 Å². The Labute approximate surface area is 118 Å². The van der Waals surface area contributed by atoms with Crippen LogP contribution >= 0.6 is 11.6 Å². The molecule has 0 aliphatic rings. The fourth-order valence-corrected chi connectivity index (χ4v) is 3.16. The molecule has 0 spiro atoms. The molecule has 0 aliphatic carbocycles. The van der Waals surface area contributed by atoms with E-state index < -0.39 is 0 Å². The maximum absolute atomic E-state index is 11.9. The van der Waals surface area contributed by atoms with Crippen LogP contribution in [0.5, 0.6) is 0 Å². The summed E-state index contributed by atoms with van der Waals surface area (Å²) in [5.41, 5.74) is 3.00. The van der Waals surface area contributed by atoms with Crippen molar-refractivity contribution in [1.29, 1.82) is 0 Å². The summed E-state index contributed by atoms with van der Waals surface area (Å²) in [4.78, 5) is 11.9. The van der Waals surface area contributed by atoms with Crippen LogP contribution in [0.1, 0.15) is 37.6 Å². The van der Waals surface area contributed by atoms with E-state index in [1.807, 2.05) is 18.2 Å². The molecule has 19 heavy (non-hydrogen) atoms. The van der Waals surface area contributed by atoms with Crippen molar-refractivity contribution in [1.82, 2.24) is 9.13 Å². The number of hydrogen-bond donors (Lipinski definition) is 0. The minimum atomic E-state index is 0.000746. The number of alkyl halides is 1. The van der Waals surface area contributed by atoms with E-state index in [-0.39, 0.29) is 11.1 Å². The minimum absolute atomic E-state index is 0.000746. The molecule has 1 unspecified atom stereocenters. The first kappa shape index (κ1) is 14.2. The molecule has 0 aliphatic heterocycles. The maximum Gasteiger partial charge on any atom is 0.328 e. The zero-order chi connectivity index (χ0) is 14.2. The lowest BCUT2D eigenvalue weighted by atomic mass is 9.94. The van der Waals surface area contributed by atoms with Gasteiger partial charge in [0.15, 0.2) is 0 Å². The lowest BCUT2D eigenvalue weighted by Gasteiger charge is -2.19. The number of benzene rings is 1. The van der Waals surface area contributed by atoms with Gasteiger partial charge in [-0.1, -0.05) is 32.8 Å². The van der Waals surface area contributed by atoms with Crippen LogP contribution in [-0.2, 0) is 14.1 Å². The number of hydrogen-bond acceptors (Lipinski definition) is 1. The zero-order valence-corrected chi connectivity index (χ0v) is 12.7. The van der Waals surface area contributed by atoms with Crippen molar-refractivity contribution >= 4 is 22.6 Å². The summed E-state index contributed by atoms with van der Waals surface area (Å²) in [6.07, 6.45) is 2.13. The summed E-state index contributed by atoms with van der Waals surface area (Å²) in [5, 5.41) is 0.00899. The van der Waals surface area contributed by atoms with E-state index in [4.69, 9.17) is 11.6 Å². The Morgan fingerprint density at radius 2 is 1.68 bits per heavy atom. The number of rotatable bonds is 4. The van der Waals surface area contributed by atoms with Gasteiger partial charge in [0, 0.05) is 14.1 Å². The summed E-state index contributed by atoms with van der Waals surface area (Å²) < 4.78 is 3.34. The zero-order valence-electron chi connectivity index (χ0n) is 12.0. The predicted octanol–water partition coefficient (Wildman–Crippen LogP) is 3.59. The Morgan fingerprint density at radius 3 is 2.26 bits per heavy atom. The summed E-state index contributed by atoms with van der Waals surface area (Å²) >= 11 is 6.58. The van der Waals surface area contributed by atoms with Crippen LogP contribution in [0.3, 0.4) is 0 Å². The van der Waals surface area contributed by atoms with Crippen LogP contribution in [0.2, 0.25) is 0 Å². The van der Waals surface area contributed by atoms with E-state index in [0.717, 1.165) is 29.4 Å². The van der Waals surface area contributed by atoms with Crippen LogP contribution in [0, 0.1) is 5.92 Å². The smallest absolute Gasteiger partial charge is 0.295 e. The number of aromatic nitrogens is 2. The number of nitrogens with zero attached hydrogens (tertiary/aromatic N) is 2. The Hall–Kier alpha value is -1.22. The van der Waals surface area contributed by atoms with Gasteiger partial charge in [-0.25, -0.2) is 4.79 Å². The number of aryl methyl sites for hydroxylation is 2. The summed E-state index contributed by atoms with van der Waals surface area (Å²) in [6.45, 7) is 4.33. The highest BCUT2D eigenvalue weighted by Crippen LogP contribution is 2.34. The van der Waals surface area contributed by atoms with Gasteiger partial charge in [0.1, 0.15) is 0 Å². The first-order chi connectivity index (χ1) is 9.01. The van der Waals surface area contributed by atoms with Gasteiger partial charge in [0.25, 0.3) is 0 Å². The molecule has 0 fully saturated rings. The first-order valence-corrected chi connectivity index (χ1v) is 7.24. The van der Waals surface area contributed by atoms with Crippen molar-refractivity contribution in [3.05, 3.63) is 34.2 Å². The predicted molar refractivity (Wildman–Crippen MR) is 80.8 cm³/mol. The van der Waals surface area contributed by atoms with Gasteiger partial charge in [-0.05, 0) is 23.6 Å². The van der Waals surface area contributed by atoms with Crippen molar-refractivity contribution in [2.45, 2.75) is 32.1 Å². The molecule has 1 aromatic carbocycles. The summed E-state index contributed by atoms with van der Waals surface area (Å²) in [7, 11) is 3.60. The molecule has 1 heterocycles. The van der Waals surface area contributed by atoms with Gasteiger partial charge in [-0.3, -0.25) is 9.13 Å². The van der Waals surface area contributed by atoms with E-state index in [1.54, 1.807) is 23.2 Å². The largest absolute Gasteiger partial charge is 0.328 e. The molecule has 0 radical (unpaired) electrons. The van der Waals surface area contributed by atoms with E-state index >= 15 is 0 Å². The second kappa shape index (κ2) is 5.41. The average Bonchev–Trinajstić information content (AvgIpc) is 2.65. The third-order valence-electron chi connectivity index (χ3n) is 4.08. The van der Waals surface area contributed by atoms with E-state index in [0.29, 0.717) is 5.92 Å². The third-order valence-corrected chi connectivity index (χ3v) is 4.69. The van der Waals surface area contributed by atoms with Crippen LogP contribution in [0.25, 0.3) is 11.0 Å².